The fourth-order valence-corrected chi connectivity index (χ4v) is 2.53. The minimum atomic E-state index is -0.496. The molecule has 1 aliphatic heterocycles. The number of ether oxygens (including phenoxy) is 2. The third-order valence-corrected chi connectivity index (χ3v) is 3.61. The molecule has 1 amide bonds. The predicted octanol–water partition coefficient (Wildman–Crippen LogP) is 2.32. The van der Waals surface area contributed by atoms with Crippen LogP contribution in [0, 0.1) is 5.92 Å². The van der Waals surface area contributed by atoms with Crippen LogP contribution in [-0.4, -0.2) is 58.6 Å². The van der Waals surface area contributed by atoms with Gasteiger partial charge in [-0.1, -0.05) is 0 Å². The van der Waals surface area contributed by atoms with Crippen LogP contribution in [0.15, 0.2) is 18.6 Å². The van der Waals surface area contributed by atoms with Crippen LogP contribution in [-0.2, 0) is 9.47 Å². The highest BCUT2D eigenvalue weighted by Crippen LogP contribution is 2.19. The lowest BCUT2D eigenvalue weighted by Gasteiger charge is -2.34. The lowest BCUT2D eigenvalue weighted by Crippen LogP contribution is -2.43. The van der Waals surface area contributed by atoms with E-state index >= 15 is 0 Å². The molecule has 1 atom stereocenters. The molecule has 1 aromatic rings. The van der Waals surface area contributed by atoms with Crippen LogP contribution in [0.4, 0.5) is 4.79 Å². The number of rotatable bonds is 5. The van der Waals surface area contributed by atoms with Crippen molar-refractivity contribution < 1.29 is 19.1 Å². The van der Waals surface area contributed by atoms with Crippen LogP contribution < -0.4 is 0 Å². The normalized spacial score (nSPS) is 18.3. The van der Waals surface area contributed by atoms with Gasteiger partial charge >= 0.3 is 6.09 Å². The number of ketones is 1. The largest absolute Gasteiger partial charge is 0.444 e. The first-order valence-electron chi connectivity index (χ1n) is 8.20. The maximum atomic E-state index is 12.1. The summed E-state index contributed by atoms with van der Waals surface area (Å²) in [5.74, 6) is 0.0174. The Labute approximate surface area is 142 Å². The van der Waals surface area contributed by atoms with Gasteiger partial charge in [-0.05, 0) is 33.6 Å². The van der Waals surface area contributed by atoms with E-state index in [4.69, 9.17) is 9.47 Å². The van der Waals surface area contributed by atoms with E-state index in [0.717, 1.165) is 12.8 Å². The molecule has 7 heteroatoms. The quantitative estimate of drug-likeness (QED) is 0.768. The Hall–Kier alpha value is -2.02. The maximum Gasteiger partial charge on any atom is 0.410 e. The summed E-state index contributed by atoms with van der Waals surface area (Å²) in [5.41, 5.74) is -0.194. The SMILES string of the molecule is CC(C)(C)OC(=O)N1CCCC(COCC(=O)c2cnccn2)C1. The van der Waals surface area contributed by atoms with Crippen molar-refractivity contribution >= 4 is 11.9 Å². The lowest BCUT2D eigenvalue weighted by molar-refractivity contribution is 0.00784. The highest BCUT2D eigenvalue weighted by Gasteiger charge is 2.27. The van der Waals surface area contributed by atoms with Gasteiger partial charge in [-0.3, -0.25) is 9.78 Å². The van der Waals surface area contributed by atoms with Gasteiger partial charge in [-0.25, -0.2) is 9.78 Å². The van der Waals surface area contributed by atoms with Crippen molar-refractivity contribution in [2.24, 2.45) is 5.92 Å². The Kier molecular flexibility index (Phi) is 6.25. The molecule has 0 aliphatic carbocycles. The molecule has 0 aromatic carbocycles. The first-order chi connectivity index (χ1) is 11.3. The molecule has 24 heavy (non-hydrogen) atoms. The van der Waals surface area contributed by atoms with Gasteiger partial charge in [0.05, 0.1) is 12.8 Å². The fourth-order valence-electron chi connectivity index (χ4n) is 2.53. The number of Topliss-reactive ketones (excluding diaryl/α,β-unsaturated/α-hetero) is 1. The summed E-state index contributed by atoms with van der Waals surface area (Å²) in [6.07, 6.45) is 6.02. The standard InChI is InChI=1S/C17H25N3O4/c1-17(2,3)24-16(22)20-8-4-5-13(10-20)11-23-12-15(21)14-9-18-6-7-19-14/h6-7,9,13H,4-5,8,10-12H2,1-3H3. The van der Waals surface area contributed by atoms with E-state index in [1.165, 1.54) is 18.6 Å². The summed E-state index contributed by atoms with van der Waals surface area (Å²) in [5, 5.41) is 0. The summed E-state index contributed by atoms with van der Waals surface area (Å²) in [6.45, 7) is 7.26. The molecule has 0 spiro atoms. The van der Waals surface area contributed by atoms with E-state index in [1.807, 2.05) is 20.8 Å². The van der Waals surface area contributed by atoms with Crippen LogP contribution in [0.3, 0.4) is 0 Å². The Morgan fingerprint density at radius 2 is 2.12 bits per heavy atom. The van der Waals surface area contributed by atoms with Gasteiger partial charge in [-0.2, -0.15) is 0 Å². The van der Waals surface area contributed by atoms with Crippen molar-refractivity contribution in [2.45, 2.75) is 39.2 Å². The van der Waals surface area contributed by atoms with Gasteiger partial charge < -0.3 is 14.4 Å². The predicted molar refractivity (Wildman–Crippen MR) is 87.7 cm³/mol. The summed E-state index contributed by atoms with van der Waals surface area (Å²) < 4.78 is 10.9. The Bertz CT molecular complexity index is 557. The number of aromatic nitrogens is 2. The Balaban J connectivity index is 1.75. The molecule has 0 N–H and O–H groups in total. The van der Waals surface area contributed by atoms with Gasteiger partial charge in [0.25, 0.3) is 0 Å². The zero-order chi connectivity index (χ0) is 17.6. The van der Waals surface area contributed by atoms with Crippen molar-refractivity contribution in [1.29, 1.82) is 0 Å². The first-order valence-corrected chi connectivity index (χ1v) is 8.20. The summed E-state index contributed by atoms with van der Waals surface area (Å²) in [7, 11) is 0. The molecule has 0 bridgehead atoms. The second-order valence-corrected chi connectivity index (χ2v) is 6.96. The molecule has 1 saturated heterocycles. The van der Waals surface area contributed by atoms with E-state index in [9.17, 15) is 9.59 Å². The number of piperidine rings is 1. The molecular weight excluding hydrogens is 310 g/mol. The number of hydrogen-bond donors (Lipinski definition) is 0. The number of amides is 1. The van der Waals surface area contributed by atoms with Gasteiger partial charge in [0.15, 0.2) is 0 Å². The molecule has 1 aromatic heterocycles. The van der Waals surface area contributed by atoms with E-state index in [0.29, 0.717) is 25.4 Å². The molecule has 1 aliphatic rings. The van der Waals surface area contributed by atoms with Crippen LogP contribution in [0.1, 0.15) is 44.1 Å². The van der Waals surface area contributed by atoms with Crippen LogP contribution in [0.25, 0.3) is 0 Å². The molecule has 1 fully saturated rings. The topological polar surface area (TPSA) is 81.6 Å². The second kappa shape index (κ2) is 8.19. The zero-order valence-corrected chi connectivity index (χ0v) is 14.5. The Morgan fingerprint density at radius 1 is 1.33 bits per heavy atom. The Morgan fingerprint density at radius 3 is 2.79 bits per heavy atom. The van der Waals surface area contributed by atoms with Crippen molar-refractivity contribution in [3.63, 3.8) is 0 Å². The lowest BCUT2D eigenvalue weighted by atomic mass is 9.99. The molecule has 0 radical (unpaired) electrons. The minimum Gasteiger partial charge on any atom is -0.444 e. The van der Waals surface area contributed by atoms with Crippen LogP contribution in [0.5, 0.6) is 0 Å². The van der Waals surface area contributed by atoms with Gasteiger partial charge in [0.1, 0.15) is 17.9 Å². The fraction of sp³-hybridized carbons (Fsp3) is 0.647. The number of carbonyl (C=O) groups excluding carboxylic acids is 2. The molecule has 2 rings (SSSR count). The van der Waals surface area contributed by atoms with E-state index in [-0.39, 0.29) is 24.4 Å². The summed E-state index contributed by atoms with van der Waals surface area (Å²) >= 11 is 0. The van der Waals surface area contributed by atoms with Gasteiger partial charge in [0, 0.05) is 31.4 Å². The number of carbonyl (C=O) groups is 2. The molecular formula is C17H25N3O4. The molecule has 1 unspecified atom stereocenters. The molecule has 0 saturated carbocycles. The van der Waals surface area contributed by atoms with Gasteiger partial charge in [0.2, 0.25) is 5.78 Å². The highest BCUT2D eigenvalue weighted by molar-refractivity contribution is 5.94. The van der Waals surface area contributed by atoms with Crippen LogP contribution >= 0.6 is 0 Å². The third-order valence-electron chi connectivity index (χ3n) is 3.61. The van der Waals surface area contributed by atoms with Crippen molar-refractivity contribution in [3.8, 4) is 0 Å². The first kappa shape index (κ1) is 18.3. The van der Waals surface area contributed by atoms with Crippen LogP contribution in [0.2, 0.25) is 0 Å². The van der Waals surface area contributed by atoms with Gasteiger partial charge in [-0.15, -0.1) is 0 Å². The average Bonchev–Trinajstić information content (AvgIpc) is 2.54. The zero-order valence-electron chi connectivity index (χ0n) is 14.5. The van der Waals surface area contributed by atoms with E-state index in [2.05, 4.69) is 9.97 Å². The smallest absolute Gasteiger partial charge is 0.410 e. The number of hydrogen-bond acceptors (Lipinski definition) is 6. The molecule has 7 nitrogen and oxygen atoms in total. The number of likely N-dealkylation sites (tertiary alicyclic amines) is 1. The van der Waals surface area contributed by atoms with E-state index in [1.54, 1.807) is 4.90 Å². The maximum absolute atomic E-state index is 12.1. The monoisotopic (exact) mass is 335 g/mol. The highest BCUT2D eigenvalue weighted by atomic mass is 16.6. The van der Waals surface area contributed by atoms with E-state index < -0.39 is 5.60 Å². The molecule has 2 heterocycles. The molecule has 132 valence electrons. The average molecular weight is 335 g/mol. The summed E-state index contributed by atoms with van der Waals surface area (Å²) in [4.78, 5) is 33.6. The van der Waals surface area contributed by atoms with Crippen molar-refractivity contribution in [3.05, 3.63) is 24.3 Å². The third kappa shape index (κ3) is 5.88. The number of nitrogens with zero attached hydrogens (tertiary/aromatic N) is 3. The second-order valence-electron chi connectivity index (χ2n) is 6.96. The minimum absolute atomic E-state index is 0.0262. The summed E-state index contributed by atoms with van der Waals surface area (Å²) in [6, 6.07) is 0. The van der Waals surface area contributed by atoms with Crippen molar-refractivity contribution in [1.82, 2.24) is 14.9 Å². The van der Waals surface area contributed by atoms with Crippen molar-refractivity contribution in [2.75, 3.05) is 26.3 Å².